The van der Waals surface area contributed by atoms with Gasteiger partial charge in [0.05, 0.1) is 28.5 Å². The Balaban J connectivity index is 1.62. The van der Waals surface area contributed by atoms with Crippen LogP contribution < -0.4 is 5.32 Å². The van der Waals surface area contributed by atoms with E-state index in [4.69, 9.17) is 0 Å². The highest BCUT2D eigenvalue weighted by Gasteiger charge is 2.19. The summed E-state index contributed by atoms with van der Waals surface area (Å²) >= 11 is 1.62. The van der Waals surface area contributed by atoms with Crippen molar-refractivity contribution in [3.63, 3.8) is 0 Å². The molecule has 0 aliphatic heterocycles. The van der Waals surface area contributed by atoms with Crippen LogP contribution in [0.25, 0.3) is 16.2 Å². The minimum absolute atomic E-state index is 0.203. The number of carbonyl (C=O) groups excluding carboxylic acids is 1. The van der Waals surface area contributed by atoms with Gasteiger partial charge in [0, 0.05) is 18.9 Å². The molecule has 0 aliphatic carbocycles. The molecule has 1 N–H and O–H groups in total. The van der Waals surface area contributed by atoms with Gasteiger partial charge < -0.3 is 5.32 Å². The van der Waals surface area contributed by atoms with Crippen molar-refractivity contribution in [2.45, 2.75) is 26.4 Å². The average molecular weight is 366 g/mol. The first-order chi connectivity index (χ1) is 12.7. The number of nitrogens with zero attached hydrogens (tertiary/aromatic N) is 5. The van der Waals surface area contributed by atoms with Crippen LogP contribution in [0.5, 0.6) is 0 Å². The molecule has 132 valence electrons. The Morgan fingerprint density at radius 3 is 2.96 bits per heavy atom. The van der Waals surface area contributed by atoms with E-state index in [1.807, 2.05) is 54.4 Å². The number of rotatable bonds is 5. The smallest absolute Gasteiger partial charge is 0.257 e. The number of fused-ring (bicyclic) bond motifs is 1. The first-order valence-corrected chi connectivity index (χ1v) is 9.26. The van der Waals surface area contributed by atoms with Crippen LogP contribution in [0.3, 0.4) is 0 Å². The molecule has 0 fully saturated rings. The van der Waals surface area contributed by atoms with Crippen molar-refractivity contribution >= 4 is 22.9 Å². The van der Waals surface area contributed by atoms with E-state index in [-0.39, 0.29) is 11.9 Å². The molecule has 0 saturated heterocycles. The molecule has 4 rings (SSSR count). The summed E-state index contributed by atoms with van der Waals surface area (Å²) in [6.45, 7) is 4.73. The van der Waals surface area contributed by atoms with Gasteiger partial charge in [-0.1, -0.05) is 6.07 Å². The van der Waals surface area contributed by atoms with Gasteiger partial charge in [-0.2, -0.15) is 10.2 Å². The highest BCUT2D eigenvalue weighted by molar-refractivity contribution is 7.13. The third kappa shape index (κ3) is 2.88. The fourth-order valence-electron chi connectivity index (χ4n) is 2.80. The lowest BCUT2D eigenvalue weighted by Crippen LogP contribution is -2.27. The minimum atomic E-state index is -0.214. The number of amides is 1. The molecule has 4 aromatic heterocycles. The third-order valence-corrected chi connectivity index (χ3v) is 5.09. The lowest BCUT2D eigenvalue weighted by atomic mass is 10.2. The molecule has 8 heteroatoms. The summed E-state index contributed by atoms with van der Waals surface area (Å²) in [4.78, 5) is 18.2. The van der Waals surface area contributed by atoms with E-state index >= 15 is 0 Å². The molecule has 0 spiro atoms. The predicted octanol–water partition coefficient (Wildman–Crippen LogP) is 3.17. The quantitative estimate of drug-likeness (QED) is 0.588. The maximum Gasteiger partial charge on any atom is 0.257 e. The minimum Gasteiger partial charge on any atom is -0.344 e. The number of carbonyl (C=O) groups is 1. The molecule has 1 amide bonds. The van der Waals surface area contributed by atoms with Gasteiger partial charge in [0.15, 0.2) is 5.65 Å². The van der Waals surface area contributed by atoms with E-state index in [0.29, 0.717) is 11.2 Å². The SMILES string of the molecule is CCn1ccc(C(C)NC(=O)c2cnn3c(-c4cccs4)ccnc23)n1. The van der Waals surface area contributed by atoms with Gasteiger partial charge in [0.2, 0.25) is 0 Å². The molecule has 4 heterocycles. The van der Waals surface area contributed by atoms with E-state index in [2.05, 4.69) is 20.5 Å². The Bertz CT molecular complexity index is 1050. The Kier molecular flexibility index (Phi) is 4.26. The van der Waals surface area contributed by atoms with Crippen molar-refractivity contribution in [3.8, 4) is 10.6 Å². The van der Waals surface area contributed by atoms with E-state index in [0.717, 1.165) is 22.8 Å². The first-order valence-electron chi connectivity index (χ1n) is 8.38. The van der Waals surface area contributed by atoms with Gasteiger partial charge >= 0.3 is 0 Å². The summed E-state index contributed by atoms with van der Waals surface area (Å²) in [5.41, 5.74) is 2.73. The molecule has 1 atom stereocenters. The molecule has 0 radical (unpaired) electrons. The highest BCUT2D eigenvalue weighted by atomic mass is 32.1. The second-order valence-corrected chi connectivity index (χ2v) is 6.84. The summed E-state index contributed by atoms with van der Waals surface area (Å²) in [5.74, 6) is -0.214. The molecular formula is C18H18N6OS. The molecule has 4 aromatic rings. The van der Waals surface area contributed by atoms with Crippen LogP contribution in [0.15, 0.2) is 48.2 Å². The summed E-state index contributed by atoms with van der Waals surface area (Å²) in [7, 11) is 0. The van der Waals surface area contributed by atoms with E-state index in [9.17, 15) is 4.79 Å². The van der Waals surface area contributed by atoms with Gasteiger partial charge in [-0.05, 0) is 37.4 Å². The second-order valence-electron chi connectivity index (χ2n) is 5.89. The van der Waals surface area contributed by atoms with Crippen molar-refractivity contribution < 1.29 is 4.79 Å². The van der Waals surface area contributed by atoms with Gasteiger partial charge in [-0.25, -0.2) is 9.50 Å². The van der Waals surface area contributed by atoms with Crippen LogP contribution in [-0.2, 0) is 6.54 Å². The Morgan fingerprint density at radius 2 is 2.23 bits per heavy atom. The molecule has 0 aliphatic rings. The van der Waals surface area contributed by atoms with Crippen LogP contribution in [-0.4, -0.2) is 30.3 Å². The van der Waals surface area contributed by atoms with Crippen molar-refractivity contribution in [1.82, 2.24) is 29.7 Å². The summed E-state index contributed by atoms with van der Waals surface area (Å²) in [5, 5.41) is 13.8. The Labute approximate surface area is 154 Å². The van der Waals surface area contributed by atoms with Crippen LogP contribution in [0.4, 0.5) is 0 Å². The number of nitrogens with one attached hydrogen (secondary N) is 1. The average Bonchev–Trinajstić information content (AvgIpc) is 3.40. The first kappa shape index (κ1) is 16.5. The fourth-order valence-corrected chi connectivity index (χ4v) is 3.53. The van der Waals surface area contributed by atoms with Crippen LogP contribution in [0, 0.1) is 0 Å². The predicted molar refractivity (Wildman–Crippen MR) is 100 cm³/mol. The standard InChI is InChI=1S/C18H18N6OS/c1-3-23-9-7-14(22-23)12(2)21-18(25)13-11-20-24-15(6-8-19-17(13)24)16-5-4-10-26-16/h4-12H,3H2,1-2H3,(H,21,25). The van der Waals surface area contributed by atoms with Crippen molar-refractivity contribution in [2.75, 3.05) is 0 Å². The summed E-state index contributed by atoms with van der Waals surface area (Å²) in [6.07, 6.45) is 5.17. The number of aromatic nitrogens is 5. The zero-order valence-electron chi connectivity index (χ0n) is 14.5. The monoisotopic (exact) mass is 366 g/mol. The molecular weight excluding hydrogens is 348 g/mol. The maximum absolute atomic E-state index is 12.7. The topological polar surface area (TPSA) is 77.1 Å². The molecule has 0 aromatic carbocycles. The van der Waals surface area contributed by atoms with Crippen LogP contribution >= 0.6 is 11.3 Å². The van der Waals surface area contributed by atoms with Gasteiger partial charge in [0.25, 0.3) is 5.91 Å². The van der Waals surface area contributed by atoms with E-state index in [1.54, 1.807) is 28.2 Å². The van der Waals surface area contributed by atoms with Crippen LogP contribution in [0.1, 0.15) is 35.9 Å². The molecule has 0 saturated carbocycles. The van der Waals surface area contributed by atoms with Gasteiger partial charge in [-0.15, -0.1) is 11.3 Å². The second kappa shape index (κ2) is 6.72. The number of thiophene rings is 1. The Morgan fingerprint density at radius 1 is 1.35 bits per heavy atom. The normalized spacial score (nSPS) is 12.4. The molecule has 7 nitrogen and oxygen atoms in total. The summed E-state index contributed by atoms with van der Waals surface area (Å²) in [6, 6.07) is 7.62. The fraction of sp³-hybridized carbons (Fsp3) is 0.222. The van der Waals surface area contributed by atoms with Crippen molar-refractivity contribution in [3.05, 3.63) is 59.5 Å². The zero-order chi connectivity index (χ0) is 18.1. The van der Waals surface area contributed by atoms with E-state index in [1.165, 1.54) is 0 Å². The Hall–Kier alpha value is -3.00. The third-order valence-electron chi connectivity index (χ3n) is 4.20. The molecule has 1 unspecified atom stereocenters. The maximum atomic E-state index is 12.7. The molecule has 26 heavy (non-hydrogen) atoms. The lowest BCUT2D eigenvalue weighted by Gasteiger charge is -2.11. The highest BCUT2D eigenvalue weighted by Crippen LogP contribution is 2.25. The van der Waals surface area contributed by atoms with Crippen molar-refractivity contribution in [1.29, 1.82) is 0 Å². The van der Waals surface area contributed by atoms with E-state index < -0.39 is 0 Å². The lowest BCUT2D eigenvalue weighted by molar-refractivity contribution is 0.0940. The summed E-state index contributed by atoms with van der Waals surface area (Å²) < 4.78 is 3.54. The van der Waals surface area contributed by atoms with Crippen LogP contribution in [0.2, 0.25) is 0 Å². The van der Waals surface area contributed by atoms with Crippen molar-refractivity contribution in [2.24, 2.45) is 0 Å². The zero-order valence-corrected chi connectivity index (χ0v) is 15.3. The largest absolute Gasteiger partial charge is 0.344 e. The van der Waals surface area contributed by atoms with Gasteiger partial charge in [-0.3, -0.25) is 9.48 Å². The number of hydrogen-bond donors (Lipinski definition) is 1. The van der Waals surface area contributed by atoms with Gasteiger partial charge in [0.1, 0.15) is 5.56 Å². The molecule has 0 bridgehead atoms. The number of aryl methyl sites for hydroxylation is 1. The number of hydrogen-bond acceptors (Lipinski definition) is 5.